The lowest BCUT2D eigenvalue weighted by atomic mass is 10.3. The molecule has 1 aliphatic heterocycles. The van der Waals surface area contributed by atoms with Crippen molar-refractivity contribution in [2.75, 3.05) is 26.2 Å². The van der Waals surface area contributed by atoms with Gasteiger partial charge in [0.1, 0.15) is 0 Å². The first-order valence-corrected chi connectivity index (χ1v) is 6.81. The summed E-state index contributed by atoms with van der Waals surface area (Å²) in [6.45, 7) is 13.2. The quantitative estimate of drug-likeness (QED) is 0.675. The van der Waals surface area contributed by atoms with E-state index in [0.29, 0.717) is 6.04 Å². The maximum absolute atomic E-state index is 5.91. The highest BCUT2D eigenvalue weighted by atomic mass is 31.2. The third-order valence-corrected chi connectivity index (χ3v) is 5.09. The molecule has 0 aromatic carbocycles. The molecule has 0 bridgehead atoms. The van der Waals surface area contributed by atoms with E-state index in [1.54, 1.807) is 0 Å². The SMILES string of the molecule is CCN(CC)P1OCCCN1C(C)C. The Morgan fingerprint density at radius 3 is 2.50 bits per heavy atom. The van der Waals surface area contributed by atoms with E-state index in [1.165, 1.54) is 13.0 Å². The van der Waals surface area contributed by atoms with Crippen molar-refractivity contribution in [3.05, 3.63) is 0 Å². The van der Waals surface area contributed by atoms with Crippen molar-refractivity contribution in [1.82, 2.24) is 9.34 Å². The third-order valence-electron chi connectivity index (χ3n) is 2.53. The minimum absolute atomic E-state index is 0.472. The normalized spacial score (nSPS) is 24.9. The van der Waals surface area contributed by atoms with Crippen LogP contribution in [0.15, 0.2) is 0 Å². The lowest BCUT2D eigenvalue weighted by Crippen LogP contribution is -2.38. The van der Waals surface area contributed by atoms with Gasteiger partial charge in [0.05, 0.1) is 6.61 Å². The van der Waals surface area contributed by atoms with Gasteiger partial charge in [0.15, 0.2) is 8.45 Å². The van der Waals surface area contributed by atoms with Gasteiger partial charge in [-0.3, -0.25) is 0 Å². The third kappa shape index (κ3) is 2.90. The van der Waals surface area contributed by atoms with Gasteiger partial charge in [-0.15, -0.1) is 0 Å². The highest BCUT2D eigenvalue weighted by Gasteiger charge is 2.29. The molecule has 0 aromatic rings. The second kappa shape index (κ2) is 6.02. The molecule has 1 unspecified atom stereocenters. The molecule has 1 heterocycles. The van der Waals surface area contributed by atoms with E-state index in [-0.39, 0.29) is 0 Å². The first-order valence-electron chi connectivity index (χ1n) is 5.65. The summed E-state index contributed by atoms with van der Waals surface area (Å²) in [6, 6.07) is 0.599. The molecule has 0 N–H and O–H groups in total. The van der Waals surface area contributed by atoms with Gasteiger partial charge < -0.3 is 4.52 Å². The number of rotatable bonds is 4. The number of nitrogens with zero attached hydrogens (tertiary/aromatic N) is 2. The van der Waals surface area contributed by atoms with Gasteiger partial charge in [-0.1, -0.05) is 13.8 Å². The first-order chi connectivity index (χ1) is 6.70. The Balaban J connectivity index is 2.61. The van der Waals surface area contributed by atoms with E-state index < -0.39 is 8.45 Å². The summed E-state index contributed by atoms with van der Waals surface area (Å²) >= 11 is 0. The molecule has 0 aromatic heterocycles. The summed E-state index contributed by atoms with van der Waals surface area (Å²) in [5.74, 6) is 0. The molecule has 0 saturated carbocycles. The van der Waals surface area contributed by atoms with Crippen LogP contribution in [0.3, 0.4) is 0 Å². The molecule has 0 spiro atoms. The Kier molecular flexibility index (Phi) is 5.32. The number of hydrogen-bond donors (Lipinski definition) is 0. The van der Waals surface area contributed by atoms with Crippen LogP contribution in [-0.2, 0) is 4.52 Å². The number of hydrogen-bond acceptors (Lipinski definition) is 3. The Morgan fingerprint density at radius 2 is 2.00 bits per heavy atom. The predicted octanol–water partition coefficient (Wildman–Crippen LogP) is 2.69. The minimum Gasteiger partial charge on any atom is -0.331 e. The van der Waals surface area contributed by atoms with Crippen LogP contribution in [0.2, 0.25) is 0 Å². The molecule has 4 heteroatoms. The second-order valence-electron chi connectivity index (χ2n) is 3.84. The van der Waals surface area contributed by atoms with Crippen LogP contribution in [-0.4, -0.2) is 41.6 Å². The lowest BCUT2D eigenvalue weighted by molar-refractivity contribution is 0.190. The molecule has 1 fully saturated rings. The fraction of sp³-hybridized carbons (Fsp3) is 1.00. The van der Waals surface area contributed by atoms with Crippen molar-refractivity contribution in [2.45, 2.75) is 40.2 Å². The van der Waals surface area contributed by atoms with Crippen LogP contribution in [0.5, 0.6) is 0 Å². The monoisotopic (exact) mass is 218 g/mol. The van der Waals surface area contributed by atoms with Crippen molar-refractivity contribution in [2.24, 2.45) is 0 Å². The molecular formula is C10H23N2OP. The highest BCUT2D eigenvalue weighted by Crippen LogP contribution is 2.48. The van der Waals surface area contributed by atoms with Crippen molar-refractivity contribution < 1.29 is 4.52 Å². The lowest BCUT2D eigenvalue weighted by Gasteiger charge is -2.42. The van der Waals surface area contributed by atoms with E-state index in [1.807, 2.05) is 0 Å². The topological polar surface area (TPSA) is 15.7 Å². The van der Waals surface area contributed by atoms with Gasteiger partial charge in [0.2, 0.25) is 0 Å². The summed E-state index contributed by atoms with van der Waals surface area (Å²) in [4.78, 5) is 0. The zero-order valence-corrected chi connectivity index (χ0v) is 10.8. The average Bonchev–Trinajstić information content (AvgIpc) is 2.20. The van der Waals surface area contributed by atoms with Crippen molar-refractivity contribution >= 4 is 8.45 Å². The molecule has 1 aliphatic rings. The first kappa shape index (κ1) is 12.4. The van der Waals surface area contributed by atoms with Crippen molar-refractivity contribution in [3.8, 4) is 0 Å². The maximum atomic E-state index is 5.91. The summed E-state index contributed by atoms with van der Waals surface area (Å²) in [6.07, 6.45) is 1.18. The predicted molar refractivity (Wildman–Crippen MR) is 62.3 cm³/mol. The Morgan fingerprint density at radius 1 is 1.36 bits per heavy atom. The van der Waals surface area contributed by atoms with Gasteiger partial charge in [-0.25, -0.2) is 9.34 Å². The molecule has 0 amide bonds. The Bertz CT molecular complexity index is 162. The summed E-state index contributed by atoms with van der Waals surface area (Å²) in [5.41, 5.74) is 0. The van der Waals surface area contributed by atoms with E-state index in [2.05, 4.69) is 37.0 Å². The van der Waals surface area contributed by atoms with Crippen LogP contribution < -0.4 is 0 Å². The van der Waals surface area contributed by atoms with Crippen LogP contribution >= 0.6 is 8.45 Å². The second-order valence-corrected chi connectivity index (χ2v) is 5.68. The molecule has 84 valence electrons. The molecule has 1 saturated heterocycles. The molecule has 1 rings (SSSR count). The molecule has 0 aliphatic carbocycles. The molecule has 1 atom stereocenters. The molecular weight excluding hydrogens is 195 g/mol. The summed E-state index contributed by atoms with van der Waals surface area (Å²) in [5, 5.41) is 0. The zero-order chi connectivity index (χ0) is 10.6. The van der Waals surface area contributed by atoms with Crippen LogP contribution in [0.1, 0.15) is 34.1 Å². The van der Waals surface area contributed by atoms with Gasteiger partial charge in [-0.05, 0) is 20.3 Å². The largest absolute Gasteiger partial charge is 0.331 e. The van der Waals surface area contributed by atoms with Crippen LogP contribution in [0, 0.1) is 0 Å². The molecule has 3 nitrogen and oxygen atoms in total. The van der Waals surface area contributed by atoms with Gasteiger partial charge in [0, 0.05) is 25.7 Å². The zero-order valence-electron chi connectivity index (χ0n) is 9.86. The average molecular weight is 218 g/mol. The van der Waals surface area contributed by atoms with E-state index in [4.69, 9.17) is 4.52 Å². The molecule has 14 heavy (non-hydrogen) atoms. The standard InChI is InChI=1S/C10H23N2OP/c1-5-11(6-2)14-12(10(3)4)8-7-9-13-14/h10H,5-9H2,1-4H3. The fourth-order valence-electron chi connectivity index (χ4n) is 1.70. The van der Waals surface area contributed by atoms with Gasteiger partial charge in [-0.2, -0.15) is 0 Å². The van der Waals surface area contributed by atoms with Crippen molar-refractivity contribution in [3.63, 3.8) is 0 Å². The van der Waals surface area contributed by atoms with Crippen molar-refractivity contribution in [1.29, 1.82) is 0 Å². The van der Waals surface area contributed by atoms with Crippen LogP contribution in [0.4, 0.5) is 0 Å². The summed E-state index contributed by atoms with van der Waals surface area (Å²) in [7, 11) is -0.472. The fourth-order valence-corrected chi connectivity index (χ4v) is 3.82. The molecule has 0 radical (unpaired) electrons. The highest BCUT2D eigenvalue weighted by molar-refractivity contribution is 7.47. The van der Waals surface area contributed by atoms with Gasteiger partial charge in [0.25, 0.3) is 0 Å². The van der Waals surface area contributed by atoms with Crippen LogP contribution in [0.25, 0.3) is 0 Å². The minimum atomic E-state index is -0.472. The van der Waals surface area contributed by atoms with E-state index in [0.717, 1.165) is 19.7 Å². The Hall–Kier alpha value is 0.310. The smallest absolute Gasteiger partial charge is 0.188 e. The summed E-state index contributed by atoms with van der Waals surface area (Å²) < 4.78 is 10.9. The van der Waals surface area contributed by atoms with Gasteiger partial charge >= 0.3 is 0 Å². The Labute approximate surface area is 89.3 Å². The van der Waals surface area contributed by atoms with E-state index >= 15 is 0 Å². The maximum Gasteiger partial charge on any atom is 0.188 e. The van der Waals surface area contributed by atoms with E-state index in [9.17, 15) is 0 Å².